The number of benzene rings is 1. The Balaban J connectivity index is 1.73. The molecule has 1 aromatic carbocycles. The fourth-order valence-corrected chi connectivity index (χ4v) is 3.21. The summed E-state index contributed by atoms with van der Waals surface area (Å²) < 4.78 is 0. The summed E-state index contributed by atoms with van der Waals surface area (Å²) in [5, 5.41) is 4.95. The Morgan fingerprint density at radius 1 is 1.32 bits per heavy atom. The normalized spacial score (nSPS) is 25.6. The topological polar surface area (TPSA) is 53.8 Å². The molecule has 0 unspecified atom stereocenters. The average Bonchev–Trinajstić information content (AvgIpc) is 2.82. The molecule has 0 bridgehead atoms. The van der Waals surface area contributed by atoms with Crippen molar-refractivity contribution >= 4 is 10.9 Å². The van der Waals surface area contributed by atoms with Crippen molar-refractivity contribution in [3.05, 3.63) is 36.0 Å². The third kappa shape index (κ3) is 2.67. The van der Waals surface area contributed by atoms with Crippen LogP contribution in [-0.2, 0) is 6.42 Å². The van der Waals surface area contributed by atoms with E-state index < -0.39 is 0 Å². The fourth-order valence-electron chi connectivity index (χ4n) is 3.21. The lowest BCUT2D eigenvalue weighted by atomic mass is 9.91. The summed E-state index contributed by atoms with van der Waals surface area (Å²) in [7, 11) is 0. The highest BCUT2D eigenvalue weighted by Crippen LogP contribution is 2.21. The highest BCUT2D eigenvalue weighted by molar-refractivity contribution is 5.83. The molecule has 3 atom stereocenters. The van der Waals surface area contributed by atoms with Gasteiger partial charge in [0.2, 0.25) is 0 Å². The first-order valence-electron chi connectivity index (χ1n) is 7.30. The van der Waals surface area contributed by atoms with E-state index in [0.29, 0.717) is 12.1 Å². The first-order valence-corrected chi connectivity index (χ1v) is 7.30. The lowest BCUT2D eigenvalue weighted by molar-refractivity contribution is 0.297. The van der Waals surface area contributed by atoms with Gasteiger partial charge in [-0.05, 0) is 37.8 Å². The van der Waals surface area contributed by atoms with Gasteiger partial charge in [0.1, 0.15) is 0 Å². The summed E-state index contributed by atoms with van der Waals surface area (Å²) >= 11 is 0. The predicted molar refractivity (Wildman–Crippen MR) is 80.2 cm³/mol. The molecule has 1 aromatic heterocycles. The summed E-state index contributed by atoms with van der Waals surface area (Å²) in [6.45, 7) is 2.25. The zero-order chi connectivity index (χ0) is 13.2. The summed E-state index contributed by atoms with van der Waals surface area (Å²) in [5.41, 5.74) is 8.96. The predicted octanol–water partition coefficient (Wildman–Crippen LogP) is 2.57. The Kier molecular flexibility index (Phi) is 3.58. The summed E-state index contributed by atoms with van der Waals surface area (Å²) in [6, 6.07) is 9.70. The molecule has 1 aliphatic heterocycles. The molecule has 0 aliphatic carbocycles. The van der Waals surface area contributed by atoms with Gasteiger partial charge >= 0.3 is 0 Å². The molecule has 2 aromatic rings. The number of rotatable bonds is 3. The molecule has 1 fully saturated rings. The number of para-hydroxylation sites is 1. The van der Waals surface area contributed by atoms with Gasteiger partial charge in [-0.3, -0.25) is 0 Å². The smallest absolute Gasteiger partial charge is 0.0456 e. The van der Waals surface area contributed by atoms with Crippen LogP contribution in [0, 0.1) is 0 Å². The fraction of sp³-hybridized carbons (Fsp3) is 0.500. The molecule has 19 heavy (non-hydrogen) atoms. The zero-order valence-electron chi connectivity index (χ0n) is 11.5. The van der Waals surface area contributed by atoms with E-state index in [9.17, 15) is 0 Å². The average molecular weight is 257 g/mol. The lowest BCUT2D eigenvalue weighted by Gasteiger charge is -2.32. The number of piperidine rings is 1. The van der Waals surface area contributed by atoms with Crippen LogP contribution in [0.25, 0.3) is 10.9 Å². The van der Waals surface area contributed by atoms with Crippen molar-refractivity contribution < 1.29 is 0 Å². The first kappa shape index (κ1) is 12.7. The van der Waals surface area contributed by atoms with Crippen LogP contribution in [0.1, 0.15) is 31.7 Å². The quantitative estimate of drug-likeness (QED) is 0.791. The third-order valence-electron chi connectivity index (χ3n) is 4.30. The van der Waals surface area contributed by atoms with Gasteiger partial charge in [0.05, 0.1) is 0 Å². The van der Waals surface area contributed by atoms with E-state index in [-0.39, 0.29) is 6.04 Å². The van der Waals surface area contributed by atoms with E-state index in [0.717, 1.165) is 6.42 Å². The maximum absolute atomic E-state index is 6.42. The first-order chi connectivity index (χ1) is 9.24. The van der Waals surface area contributed by atoms with E-state index >= 15 is 0 Å². The van der Waals surface area contributed by atoms with Gasteiger partial charge < -0.3 is 16.0 Å². The van der Waals surface area contributed by atoms with Crippen LogP contribution in [0.15, 0.2) is 30.5 Å². The summed E-state index contributed by atoms with van der Waals surface area (Å²) in [6.07, 6.45) is 6.82. The summed E-state index contributed by atoms with van der Waals surface area (Å²) in [5.74, 6) is 0. The van der Waals surface area contributed by atoms with Crippen LogP contribution in [0.2, 0.25) is 0 Å². The van der Waals surface area contributed by atoms with E-state index in [4.69, 9.17) is 5.73 Å². The van der Waals surface area contributed by atoms with Crippen molar-refractivity contribution in [2.45, 2.75) is 50.7 Å². The van der Waals surface area contributed by atoms with E-state index in [1.165, 1.54) is 35.7 Å². The minimum Gasteiger partial charge on any atom is -0.361 e. The minimum absolute atomic E-state index is 0.196. The minimum atomic E-state index is 0.196. The maximum Gasteiger partial charge on any atom is 0.0456 e. The Morgan fingerprint density at radius 2 is 2.16 bits per heavy atom. The second-order valence-corrected chi connectivity index (χ2v) is 5.83. The van der Waals surface area contributed by atoms with Crippen LogP contribution in [-0.4, -0.2) is 23.1 Å². The number of nitrogens with two attached hydrogens (primary N) is 1. The third-order valence-corrected chi connectivity index (χ3v) is 4.30. The van der Waals surface area contributed by atoms with Crippen molar-refractivity contribution in [3.8, 4) is 0 Å². The van der Waals surface area contributed by atoms with Crippen LogP contribution in [0.4, 0.5) is 0 Å². The van der Waals surface area contributed by atoms with Crippen molar-refractivity contribution in [2.24, 2.45) is 5.73 Å². The monoisotopic (exact) mass is 257 g/mol. The molecule has 1 aliphatic rings. The Labute approximate surface area is 114 Å². The molecule has 0 saturated carbocycles. The molecule has 1 saturated heterocycles. The molecule has 4 N–H and O–H groups in total. The molecule has 0 spiro atoms. The van der Waals surface area contributed by atoms with E-state index in [2.05, 4.69) is 47.7 Å². The highest BCUT2D eigenvalue weighted by atomic mass is 15.0. The molecule has 3 nitrogen and oxygen atoms in total. The van der Waals surface area contributed by atoms with Gasteiger partial charge in [-0.1, -0.05) is 24.6 Å². The number of nitrogens with one attached hydrogen (secondary N) is 2. The molecule has 0 amide bonds. The highest BCUT2D eigenvalue weighted by Gasteiger charge is 2.24. The van der Waals surface area contributed by atoms with Crippen LogP contribution in [0.3, 0.4) is 0 Å². The van der Waals surface area contributed by atoms with Crippen LogP contribution >= 0.6 is 0 Å². The Morgan fingerprint density at radius 3 is 3.00 bits per heavy atom. The molecular weight excluding hydrogens is 234 g/mol. The summed E-state index contributed by atoms with van der Waals surface area (Å²) in [4.78, 5) is 3.33. The molecule has 102 valence electrons. The van der Waals surface area contributed by atoms with Crippen LogP contribution < -0.4 is 11.1 Å². The maximum atomic E-state index is 6.42. The van der Waals surface area contributed by atoms with Gasteiger partial charge in [0.15, 0.2) is 0 Å². The number of hydrogen-bond donors (Lipinski definition) is 3. The Bertz CT molecular complexity index is 546. The Hall–Kier alpha value is -1.32. The molecule has 0 radical (unpaired) electrons. The standard InChI is InChI=1S/C16H23N3/c1-11-5-4-8-16(19-11)14(17)9-12-10-18-15-7-3-2-6-13(12)15/h2-3,6-7,10-11,14,16,18-19H,4-5,8-9,17H2,1H3/t11-,14+,16-/m0/s1. The number of fused-ring (bicyclic) bond motifs is 1. The second kappa shape index (κ2) is 5.35. The van der Waals surface area contributed by atoms with Crippen molar-refractivity contribution in [1.82, 2.24) is 10.3 Å². The van der Waals surface area contributed by atoms with Gasteiger partial charge in [0.25, 0.3) is 0 Å². The van der Waals surface area contributed by atoms with Gasteiger partial charge in [-0.2, -0.15) is 0 Å². The zero-order valence-corrected chi connectivity index (χ0v) is 11.5. The van der Waals surface area contributed by atoms with Crippen molar-refractivity contribution in [1.29, 1.82) is 0 Å². The van der Waals surface area contributed by atoms with E-state index in [1.807, 2.05) is 0 Å². The number of aromatic nitrogens is 1. The van der Waals surface area contributed by atoms with Crippen LogP contribution in [0.5, 0.6) is 0 Å². The number of aromatic amines is 1. The molecular formula is C16H23N3. The number of hydrogen-bond acceptors (Lipinski definition) is 2. The van der Waals surface area contributed by atoms with Crippen molar-refractivity contribution in [2.75, 3.05) is 0 Å². The molecule has 3 heteroatoms. The van der Waals surface area contributed by atoms with Gasteiger partial charge in [0, 0.05) is 35.2 Å². The second-order valence-electron chi connectivity index (χ2n) is 5.83. The molecule has 2 heterocycles. The van der Waals surface area contributed by atoms with Gasteiger partial charge in [-0.25, -0.2) is 0 Å². The van der Waals surface area contributed by atoms with E-state index in [1.54, 1.807) is 0 Å². The lowest BCUT2D eigenvalue weighted by Crippen LogP contribution is -2.51. The largest absolute Gasteiger partial charge is 0.361 e. The SMILES string of the molecule is C[C@H]1CCC[C@@H]([C@H](N)Cc2c[nH]c3ccccc23)N1. The van der Waals surface area contributed by atoms with Crippen molar-refractivity contribution in [3.63, 3.8) is 0 Å². The van der Waals surface area contributed by atoms with Gasteiger partial charge in [-0.15, -0.1) is 0 Å². The molecule has 3 rings (SSSR count). The number of H-pyrrole nitrogens is 1.